The second kappa shape index (κ2) is 12.3. The fourth-order valence-corrected chi connectivity index (χ4v) is 5.20. The lowest BCUT2D eigenvalue weighted by Crippen LogP contribution is -2.42. The number of carbonyl (C=O) groups excluding carboxylic acids is 2. The van der Waals surface area contributed by atoms with Crippen molar-refractivity contribution in [3.05, 3.63) is 99.7 Å². The van der Waals surface area contributed by atoms with Gasteiger partial charge in [-0.1, -0.05) is 59.6 Å². The predicted molar refractivity (Wildman–Crippen MR) is 158 cm³/mol. The second-order valence-corrected chi connectivity index (χ2v) is 10.8. The third kappa shape index (κ3) is 6.39. The van der Waals surface area contributed by atoms with Crippen molar-refractivity contribution in [2.75, 3.05) is 25.0 Å². The Hall–Kier alpha value is -3.65. The van der Waals surface area contributed by atoms with Gasteiger partial charge in [-0.2, -0.15) is 0 Å². The molecule has 5 rings (SSSR count). The number of halogens is 2. The van der Waals surface area contributed by atoms with Crippen LogP contribution in [0.4, 0.5) is 5.95 Å². The number of nitrogens with one attached hydrogen (secondary N) is 1. The van der Waals surface area contributed by atoms with E-state index in [0.717, 1.165) is 35.3 Å². The molecule has 1 aromatic heterocycles. The molecule has 2 heterocycles. The summed E-state index contributed by atoms with van der Waals surface area (Å²) in [6, 6.07) is 20.6. The Kier molecular flexibility index (Phi) is 8.54. The highest BCUT2D eigenvalue weighted by molar-refractivity contribution is 6.36. The average molecular weight is 578 g/mol. The zero-order valence-corrected chi connectivity index (χ0v) is 23.9. The largest absolute Gasteiger partial charge is 0.376 e. The molecular weight excluding hydrogens is 547 g/mol. The fourth-order valence-electron chi connectivity index (χ4n) is 4.71. The quantitative estimate of drug-likeness (QED) is 0.252. The summed E-state index contributed by atoms with van der Waals surface area (Å²) in [7, 11) is 0. The van der Waals surface area contributed by atoms with Crippen molar-refractivity contribution < 1.29 is 14.3 Å². The van der Waals surface area contributed by atoms with Crippen molar-refractivity contribution in [1.82, 2.24) is 14.5 Å². The van der Waals surface area contributed by atoms with E-state index >= 15 is 0 Å². The van der Waals surface area contributed by atoms with Crippen LogP contribution >= 0.6 is 23.2 Å². The number of benzene rings is 3. The molecule has 1 aliphatic heterocycles. The van der Waals surface area contributed by atoms with Gasteiger partial charge in [-0.05, 0) is 68.1 Å². The van der Waals surface area contributed by atoms with Crippen LogP contribution in [-0.2, 0) is 9.53 Å². The van der Waals surface area contributed by atoms with Crippen molar-refractivity contribution in [3.8, 4) is 16.9 Å². The molecule has 1 unspecified atom stereocenters. The minimum absolute atomic E-state index is 0.148. The number of rotatable bonds is 8. The summed E-state index contributed by atoms with van der Waals surface area (Å²) in [5.41, 5.74) is 5.08. The van der Waals surface area contributed by atoms with Crippen LogP contribution in [0.1, 0.15) is 34.3 Å². The molecule has 0 bridgehead atoms. The maximum absolute atomic E-state index is 13.5. The Morgan fingerprint density at radius 2 is 1.85 bits per heavy atom. The Morgan fingerprint density at radius 3 is 2.55 bits per heavy atom. The van der Waals surface area contributed by atoms with Gasteiger partial charge < -0.3 is 9.64 Å². The van der Waals surface area contributed by atoms with E-state index in [1.165, 1.54) is 16.5 Å². The monoisotopic (exact) mass is 576 g/mol. The van der Waals surface area contributed by atoms with Crippen molar-refractivity contribution in [2.24, 2.45) is 0 Å². The predicted octanol–water partition coefficient (Wildman–Crippen LogP) is 6.72. The number of nitrogens with zero attached hydrogens (tertiary/aromatic N) is 3. The average Bonchev–Trinajstić information content (AvgIpc) is 3.60. The van der Waals surface area contributed by atoms with Gasteiger partial charge in [-0.25, -0.2) is 4.98 Å². The maximum Gasteiger partial charge on any atom is 0.255 e. The molecule has 4 aromatic rings. The van der Waals surface area contributed by atoms with Gasteiger partial charge in [0.2, 0.25) is 11.9 Å². The van der Waals surface area contributed by atoms with Crippen LogP contribution in [0.25, 0.3) is 16.9 Å². The molecule has 0 radical (unpaired) electrons. The number of hydrogen-bond donors (Lipinski definition) is 1. The molecular formula is C31H30Cl2N4O3. The van der Waals surface area contributed by atoms with E-state index in [-0.39, 0.29) is 41.6 Å². The van der Waals surface area contributed by atoms with E-state index in [0.29, 0.717) is 17.6 Å². The minimum atomic E-state index is -0.383. The lowest BCUT2D eigenvalue weighted by molar-refractivity contribution is -0.117. The van der Waals surface area contributed by atoms with Gasteiger partial charge in [0.15, 0.2) is 0 Å². The third-order valence-corrected chi connectivity index (χ3v) is 7.57. The number of carbonyl (C=O) groups is 2. The molecule has 206 valence electrons. The highest BCUT2D eigenvalue weighted by Crippen LogP contribution is 2.26. The number of aryl methyl sites for hydroxylation is 2. The molecule has 2 amide bonds. The molecule has 0 aliphatic carbocycles. The van der Waals surface area contributed by atoms with Crippen LogP contribution in [0.15, 0.2) is 72.9 Å². The number of imidazole rings is 1. The number of hydrogen-bond acceptors (Lipinski definition) is 4. The molecule has 1 N–H and O–H groups in total. The number of ether oxygens (including phenoxy) is 1. The lowest BCUT2D eigenvalue weighted by atomic mass is 10.1. The van der Waals surface area contributed by atoms with Gasteiger partial charge in [0.1, 0.15) is 6.54 Å². The second-order valence-electron chi connectivity index (χ2n) is 9.95. The normalized spacial score (nSPS) is 14.8. The molecule has 0 saturated carbocycles. The van der Waals surface area contributed by atoms with Crippen molar-refractivity contribution >= 4 is 41.0 Å². The van der Waals surface area contributed by atoms with Crippen molar-refractivity contribution in [3.63, 3.8) is 0 Å². The fraction of sp³-hybridized carbons (Fsp3) is 0.258. The highest BCUT2D eigenvalue weighted by Gasteiger charge is 2.27. The van der Waals surface area contributed by atoms with Crippen LogP contribution in [-0.4, -0.2) is 52.1 Å². The van der Waals surface area contributed by atoms with Gasteiger partial charge in [-0.3, -0.25) is 19.5 Å². The van der Waals surface area contributed by atoms with E-state index in [1.807, 2.05) is 60.2 Å². The molecule has 9 heteroatoms. The summed E-state index contributed by atoms with van der Waals surface area (Å²) in [5, 5.41) is 3.60. The van der Waals surface area contributed by atoms with Crippen LogP contribution < -0.4 is 5.32 Å². The molecule has 7 nitrogen and oxygen atoms in total. The Balaban J connectivity index is 1.43. The Bertz CT molecular complexity index is 1530. The first-order valence-corrected chi connectivity index (χ1v) is 13.9. The standard InChI is InChI=1S/C31H30Cl2N4O3/c1-20-10-12-24(15-21(20)2)37-18-28(22-7-4-3-5-8-22)34-31(37)35-29(38)19-36(17-25-9-6-14-40-25)30(39)26-13-11-23(32)16-27(26)33/h3-5,7-8,10-13,15-16,18,25H,6,9,14,17,19H2,1-2H3,(H,34,35,38). The molecule has 3 aromatic carbocycles. The van der Waals surface area contributed by atoms with E-state index in [4.69, 9.17) is 32.9 Å². The molecule has 40 heavy (non-hydrogen) atoms. The van der Waals surface area contributed by atoms with Crippen molar-refractivity contribution in [2.45, 2.75) is 32.8 Å². The van der Waals surface area contributed by atoms with E-state index < -0.39 is 0 Å². The van der Waals surface area contributed by atoms with Crippen LogP contribution in [0, 0.1) is 13.8 Å². The van der Waals surface area contributed by atoms with Gasteiger partial charge in [-0.15, -0.1) is 0 Å². The minimum Gasteiger partial charge on any atom is -0.376 e. The third-order valence-electron chi connectivity index (χ3n) is 7.03. The maximum atomic E-state index is 13.5. The molecule has 0 spiro atoms. The topological polar surface area (TPSA) is 76.5 Å². The van der Waals surface area contributed by atoms with Crippen LogP contribution in [0.3, 0.4) is 0 Å². The van der Waals surface area contributed by atoms with Gasteiger partial charge in [0.25, 0.3) is 5.91 Å². The van der Waals surface area contributed by atoms with Gasteiger partial charge in [0, 0.05) is 35.6 Å². The summed E-state index contributed by atoms with van der Waals surface area (Å²) in [4.78, 5) is 33.2. The number of anilines is 1. The van der Waals surface area contributed by atoms with E-state index in [1.54, 1.807) is 12.1 Å². The lowest BCUT2D eigenvalue weighted by Gasteiger charge is -2.25. The van der Waals surface area contributed by atoms with Crippen LogP contribution in [0.5, 0.6) is 0 Å². The van der Waals surface area contributed by atoms with Gasteiger partial charge >= 0.3 is 0 Å². The summed E-state index contributed by atoms with van der Waals surface area (Å²) in [6.45, 7) is 4.81. The summed E-state index contributed by atoms with van der Waals surface area (Å²) < 4.78 is 7.63. The first-order chi connectivity index (χ1) is 19.3. The zero-order valence-electron chi connectivity index (χ0n) is 22.4. The summed E-state index contributed by atoms with van der Waals surface area (Å²) in [6.07, 6.45) is 3.48. The summed E-state index contributed by atoms with van der Waals surface area (Å²) >= 11 is 12.4. The van der Waals surface area contributed by atoms with E-state index in [9.17, 15) is 9.59 Å². The Labute approximate surface area is 243 Å². The molecule has 1 fully saturated rings. The van der Waals surface area contributed by atoms with Crippen molar-refractivity contribution in [1.29, 1.82) is 0 Å². The molecule has 1 aliphatic rings. The van der Waals surface area contributed by atoms with Crippen LogP contribution in [0.2, 0.25) is 10.0 Å². The number of aromatic nitrogens is 2. The van der Waals surface area contributed by atoms with Gasteiger partial charge in [0.05, 0.1) is 22.4 Å². The first kappa shape index (κ1) is 27.9. The zero-order chi connectivity index (χ0) is 28.2. The first-order valence-electron chi connectivity index (χ1n) is 13.2. The smallest absolute Gasteiger partial charge is 0.255 e. The number of amides is 2. The highest BCUT2D eigenvalue weighted by atomic mass is 35.5. The Morgan fingerprint density at radius 1 is 1.05 bits per heavy atom. The van der Waals surface area contributed by atoms with E-state index in [2.05, 4.69) is 18.3 Å². The molecule has 1 saturated heterocycles. The summed E-state index contributed by atoms with van der Waals surface area (Å²) in [5.74, 6) is -0.386. The SMILES string of the molecule is Cc1ccc(-n2cc(-c3ccccc3)nc2NC(=O)CN(CC2CCCO2)C(=O)c2ccc(Cl)cc2Cl)cc1C. The molecule has 1 atom stereocenters.